The monoisotopic (exact) mass is 314 g/mol. The maximum absolute atomic E-state index is 12.5. The molecule has 7 nitrogen and oxygen atoms in total. The van der Waals surface area contributed by atoms with Gasteiger partial charge in [-0.25, -0.2) is 0 Å². The van der Waals surface area contributed by atoms with Crippen molar-refractivity contribution in [1.29, 1.82) is 0 Å². The van der Waals surface area contributed by atoms with Gasteiger partial charge in [0.05, 0.1) is 12.2 Å². The molecule has 1 saturated heterocycles. The zero-order chi connectivity index (χ0) is 16.4. The highest BCUT2D eigenvalue weighted by molar-refractivity contribution is 5.94. The van der Waals surface area contributed by atoms with Crippen LogP contribution in [0.5, 0.6) is 5.88 Å². The van der Waals surface area contributed by atoms with E-state index < -0.39 is 0 Å². The minimum Gasteiger partial charge on any atom is -0.471 e. The molecule has 0 aromatic carbocycles. The average molecular weight is 314 g/mol. The molecule has 2 aromatic rings. The zero-order valence-electron chi connectivity index (χ0n) is 13.1. The predicted octanol–water partition coefficient (Wildman–Crippen LogP) is 0.777. The van der Waals surface area contributed by atoms with E-state index in [0.717, 1.165) is 5.69 Å². The first-order valence-electron chi connectivity index (χ1n) is 7.46. The maximum Gasteiger partial charge on any atom is 0.263 e. The van der Waals surface area contributed by atoms with Crippen molar-refractivity contribution in [2.75, 3.05) is 13.1 Å². The van der Waals surface area contributed by atoms with E-state index in [4.69, 9.17) is 4.74 Å². The zero-order valence-corrected chi connectivity index (χ0v) is 13.1. The summed E-state index contributed by atoms with van der Waals surface area (Å²) in [7, 11) is 1.63. The number of carbonyl (C=O) groups is 1. The van der Waals surface area contributed by atoms with Crippen molar-refractivity contribution >= 4 is 5.91 Å². The highest BCUT2D eigenvalue weighted by atomic mass is 16.5. The second-order valence-electron chi connectivity index (χ2n) is 5.63. The van der Waals surface area contributed by atoms with Crippen LogP contribution < -0.4 is 10.3 Å². The third-order valence-corrected chi connectivity index (χ3v) is 3.85. The van der Waals surface area contributed by atoms with Crippen molar-refractivity contribution in [3.05, 3.63) is 52.1 Å². The molecule has 3 rings (SSSR count). The van der Waals surface area contributed by atoms with Gasteiger partial charge >= 0.3 is 0 Å². The van der Waals surface area contributed by atoms with Crippen molar-refractivity contribution in [2.45, 2.75) is 19.4 Å². The molecule has 1 aliphatic rings. The Labute approximate surface area is 133 Å². The molecular weight excluding hydrogens is 296 g/mol. The Kier molecular flexibility index (Phi) is 4.10. The summed E-state index contributed by atoms with van der Waals surface area (Å²) in [6.07, 6.45) is 2.20. The number of carbonyl (C=O) groups excluding carboxylic acids is 1. The third kappa shape index (κ3) is 3.23. The molecule has 1 fully saturated rings. The van der Waals surface area contributed by atoms with E-state index >= 15 is 0 Å². The van der Waals surface area contributed by atoms with Gasteiger partial charge < -0.3 is 14.2 Å². The second kappa shape index (κ2) is 6.20. The molecule has 0 aliphatic carbocycles. The highest BCUT2D eigenvalue weighted by Gasteiger charge is 2.29. The third-order valence-electron chi connectivity index (χ3n) is 3.85. The summed E-state index contributed by atoms with van der Waals surface area (Å²) >= 11 is 0. The van der Waals surface area contributed by atoms with Gasteiger partial charge in [0.25, 0.3) is 11.5 Å². The first kappa shape index (κ1) is 15.2. The fourth-order valence-corrected chi connectivity index (χ4v) is 2.56. The van der Waals surface area contributed by atoms with Crippen LogP contribution in [0.3, 0.4) is 0 Å². The Hall–Kier alpha value is -2.70. The van der Waals surface area contributed by atoms with Crippen LogP contribution in [-0.4, -0.2) is 44.8 Å². The van der Waals surface area contributed by atoms with Crippen LogP contribution in [0.4, 0.5) is 0 Å². The molecule has 1 atom stereocenters. The molecule has 0 radical (unpaired) electrons. The molecule has 0 unspecified atom stereocenters. The van der Waals surface area contributed by atoms with Crippen molar-refractivity contribution in [1.82, 2.24) is 19.7 Å². The van der Waals surface area contributed by atoms with E-state index in [1.165, 1.54) is 4.57 Å². The van der Waals surface area contributed by atoms with E-state index in [-0.39, 0.29) is 23.1 Å². The van der Waals surface area contributed by atoms with Gasteiger partial charge in [-0.05, 0) is 25.1 Å². The van der Waals surface area contributed by atoms with Gasteiger partial charge in [0.15, 0.2) is 0 Å². The SMILES string of the molecule is Cc1ccc(O[C@@H]2CCN(C(=O)c3cccn(C)c3=O)C2)nn1. The van der Waals surface area contributed by atoms with Gasteiger partial charge in [-0.3, -0.25) is 9.59 Å². The number of hydrogen-bond donors (Lipinski definition) is 0. The van der Waals surface area contributed by atoms with Gasteiger partial charge in [0, 0.05) is 32.3 Å². The Morgan fingerprint density at radius 3 is 2.87 bits per heavy atom. The van der Waals surface area contributed by atoms with Crippen LogP contribution >= 0.6 is 0 Å². The molecule has 2 aromatic heterocycles. The molecule has 3 heterocycles. The number of likely N-dealkylation sites (tertiary alicyclic amines) is 1. The number of ether oxygens (including phenoxy) is 1. The normalized spacial score (nSPS) is 17.3. The Balaban J connectivity index is 1.67. The van der Waals surface area contributed by atoms with Crippen molar-refractivity contribution < 1.29 is 9.53 Å². The van der Waals surface area contributed by atoms with Crippen molar-refractivity contribution in [2.24, 2.45) is 7.05 Å². The maximum atomic E-state index is 12.5. The molecule has 0 spiro atoms. The minimum absolute atomic E-state index is 0.136. The highest BCUT2D eigenvalue weighted by Crippen LogP contribution is 2.17. The predicted molar refractivity (Wildman–Crippen MR) is 83.4 cm³/mol. The molecule has 23 heavy (non-hydrogen) atoms. The quantitative estimate of drug-likeness (QED) is 0.836. The van der Waals surface area contributed by atoms with Gasteiger partial charge in [-0.2, -0.15) is 5.10 Å². The summed E-state index contributed by atoms with van der Waals surface area (Å²) < 4.78 is 7.15. The van der Waals surface area contributed by atoms with Crippen LogP contribution in [-0.2, 0) is 7.05 Å². The Morgan fingerprint density at radius 2 is 2.13 bits per heavy atom. The van der Waals surface area contributed by atoms with Crippen LogP contribution in [0.2, 0.25) is 0 Å². The number of pyridine rings is 1. The lowest BCUT2D eigenvalue weighted by Crippen LogP contribution is -2.35. The fraction of sp³-hybridized carbons (Fsp3) is 0.375. The smallest absolute Gasteiger partial charge is 0.263 e. The number of rotatable bonds is 3. The first-order valence-corrected chi connectivity index (χ1v) is 7.46. The number of hydrogen-bond acceptors (Lipinski definition) is 5. The summed E-state index contributed by atoms with van der Waals surface area (Å²) in [6, 6.07) is 6.85. The van der Waals surface area contributed by atoms with Gasteiger partial charge in [-0.1, -0.05) is 0 Å². The van der Waals surface area contributed by atoms with Crippen LogP contribution in [0.25, 0.3) is 0 Å². The average Bonchev–Trinajstić information content (AvgIpc) is 3.00. The van der Waals surface area contributed by atoms with Crippen LogP contribution in [0, 0.1) is 6.92 Å². The van der Waals surface area contributed by atoms with Gasteiger partial charge in [0.1, 0.15) is 11.7 Å². The fourth-order valence-electron chi connectivity index (χ4n) is 2.56. The second-order valence-corrected chi connectivity index (χ2v) is 5.63. The summed E-state index contributed by atoms with van der Waals surface area (Å²) in [5.41, 5.74) is 0.720. The lowest BCUT2D eigenvalue weighted by atomic mass is 10.2. The topological polar surface area (TPSA) is 77.3 Å². The molecular formula is C16H18N4O3. The number of nitrogens with zero attached hydrogens (tertiary/aromatic N) is 4. The van der Waals surface area contributed by atoms with E-state index in [1.54, 1.807) is 36.3 Å². The summed E-state index contributed by atoms with van der Waals surface area (Å²) in [5.74, 6) is 0.192. The van der Waals surface area contributed by atoms with Gasteiger partial charge in [-0.15, -0.1) is 5.10 Å². The Morgan fingerprint density at radius 1 is 1.30 bits per heavy atom. The number of amides is 1. The minimum atomic E-state index is -0.286. The lowest BCUT2D eigenvalue weighted by Gasteiger charge is -2.16. The first-order chi connectivity index (χ1) is 11.0. The van der Waals surface area contributed by atoms with E-state index in [2.05, 4.69) is 10.2 Å². The van der Waals surface area contributed by atoms with Crippen LogP contribution in [0.15, 0.2) is 35.3 Å². The van der Waals surface area contributed by atoms with Gasteiger partial charge in [0.2, 0.25) is 5.88 Å². The Bertz CT molecular complexity index is 770. The molecule has 7 heteroatoms. The molecule has 120 valence electrons. The molecule has 0 saturated carbocycles. The molecule has 1 aliphatic heterocycles. The largest absolute Gasteiger partial charge is 0.471 e. The van der Waals surface area contributed by atoms with E-state index in [1.807, 2.05) is 13.0 Å². The summed E-state index contributed by atoms with van der Waals surface area (Å²) in [6.45, 7) is 2.85. The van der Waals surface area contributed by atoms with Crippen molar-refractivity contribution in [3.63, 3.8) is 0 Å². The van der Waals surface area contributed by atoms with E-state index in [9.17, 15) is 9.59 Å². The van der Waals surface area contributed by atoms with Crippen molar-refractivity contribution in [3.8, 4) is 5.88 Å². The molecule has 1 amide bonds. The lowest BCUT2D eigenvalue weighted by molar-refractivity contribution is 0.0768. The molecule has 0 bridgehead atoms. The van der Waals surface area contributed by atoms with E-state index in [0.29, 0.717) is 25.4 Å². The molecule has 0 N–H and O–H groups in total. The van der Waals surface area contributed by atoms with Crippen LogP contribution in [0.1, 0.15) is 22.5 Å². The summed E-state index contributed by atoms with van der Waals surface area (Å²) in [5, 5.41) is 7.91. The number of aryl methyl sites for hydroxylation is 2. The summed E-state index contributed by atoms with van der Waals surface area (Å²) in [4.78, 5) is 26.2. The number of aromatic nitrogens is 3. The standard InChI is InChI=1S/C16H18N4O3/c1-11-5-6-14(18-17-11)23-12-7-9-20(10-12)16(22)13-4-3-8-19(2)15(13)21/h3-6,8,12H,7,9-10H2,1-2H3/t12-/m1/s1.